The summed E-state index contributed by atoms with van der Waals surface area (Å²) in [6.07, 6.45) is -5.14. The van der Waals surface area contributed by atoms with E-state index in [1.807, 2.05) is 11.4 Å². The van der Waals surface area contributed by atoms with Gasteiger partial charge in [-0.1, -0.05) is 0 Å². The number of aromatic nitrogens is 2. The third-order valence-corrected chi connectivity index (χ3v) is 5.94. The lowest BCUT2D eigenvalue weighted by molar-refractivity contribution is -0.137. The molecule has 1 aliphatic rings. The van der Waals surface area contributed by atoms with Crippen molar-refractivity contribution < 1.29 is 27.8 Å². The maximum absolute atomic E-state index is 13.5. The molecule has 2 aromatic carbocycles. The van der Waals surface area contributed by atoms with E-state index in [0.717, 1.165) is 37.3 Å². The van der Waals surface area contributed by atoms with Crippen LogP contribution in [0.25, 0.3) is 10.9 Å². The molecule has 2 heterocycles. The number of aryl methyl sites for hydroxylation is 1. The highest BCUT2D eigenvalue weighted by atomic mass is 19.4. The number of alkyl halides is 3. The third kappa shape index (κ3) is 5.70. The van der Waals surface area contributed by atoms with E-state index in [9.17, 15) is 18.0 Å². The normalized spacial score (nSPS) is 16.6. The summed E-state index contributed by atoms with van der Waals surface area (Å²) >= 11 is 0. The van der Waals surface area contributed by atoms with Gasteiger partial charge in [-0.2, -0.15) is 13.2 Å². The minimum Gasteiger partial charge on any atom is -0.495 e. The van der Waals surface area contributed by atoms with Gasteiger partial charge < -0.3 is 25.8 Å². The van der Waals surface area contributed by atoms with Crippen LogP contribution in [0.2, 0.25) is 0 Å². The van der Waals surface area contributed by atoms with Crippen LogP contribution in [-0.2, 0) is 6.18 Å². The topological polar surface area (TPSA) is 120 Å². The van der Waals surface area contributed by atoms with E-state index in [4.69, 9.17) is 9.84 Å². The fourth-order valence-electron chi connectivity index (χ4n) is 4.21. The Kier molecular flexibility index (Phi) is 7.07. The van der Waals surface area contributed by atoms with Crippen molar-refractivity contribution in [2.75, 3.05) is 36.1 Å². The zero-order chi connectivity index (χ0) is 26.0. The molecule has 1 aliphatic heterocycles. The molecule has 12 heteroatoms. The first-order valence-electron chi connectivity index (χ1n) is 11.4. The smallest absolute Gasteiger partial charge is 0.416 e. The maximum Gasteiger partial charge on any atom is 0.416 e. The minimum atomic E-state index is -4.64. The van der Waals surface area contributed by atoms with E-state index in [2.05, 4.69) is 25.9 Å². The van der Waals surface area contributed by atoms with Gasteiger partial charge in [0.1, 0.15) is 17.4 Å². The standard InChI is InChI=1S/C24H27F3N6O3/c1-12(14-6-15(24(25,26)27)8-17(7-14)33-23(34)35)29-22-18-9-20(32-16-4-5-28-11-16)21(36-3)10-19(18)30-13(2)31-22/h6-10,12,16,28,32-33H,4-5,11H2,1-3H3,(H,34,35)(H,29,30,31)/t12-,16+/m1/s1. The summed E-state index contributed by atoms with van der Waals surface area (Å²) in [7, 11) is 1.57. The second kappa shape index (κ2) is 10.1. The summed E-state index contributed by atoms with van der Waals surface area (Å²) in [5.74, 6) is 1.52. The Bertz CT molecular complexity index is 1280. The van der Waals surface area contributed by atoms with Crippen molar-refractivity contribution in [1.82, 2.24) is 15.3 Å². The highest BCUT2D eigenvalue weighted by Gasteiger charge is 2.32. The molecular formula is C24H27F3N6O3. The van der Waals surface area contributed by atoms with Crippen LogP contribution in [0, 0.1) is 6.92 Å². The zero-order valence-corrected chi connectivity index (χ0v) is 20.0. The molecule has 3 aromatic rings. The van der Waals surface area contributed by atoms with Crippen LogP contribution in [0.3, 0.4) is 0 Å². The van der Waals surface area contributed by atoms with Crippen LogP contribution in [0.4, 0.5) is 35.2 Å². The number of carbonyl (C=O) groups is 1. The predicted molar refractivity (Wildman–Crippen MR) is 131 cm³/mol. The lowest BCUT2D eigenvalue weighted by atomic mass is 10.0. The fraction of sp³-hybridized carbons (Fsp3) is 0.375. The van der Waals surface area contributed by atoms with Gasteiger partial charge in [0.2, 0.25) is 0 Å². The van der Waals surface area contributed by atoms with Crippen molar-refractivity contribution in [3.63, 3.8) is 0 Å². The number of ether oxygens (including phenoxy) is 1. The summed E-state index contributed by atoms with van der Waals surface area (Å²) in [6, 6.07) is 6.36. The highest BCUT2D eigenvalue weighted by molar-refractivity contribution is 5.94. The molecule has 1 saturated heterocycles. The number of halogens is 3. The van der Waals surface area contributed by atoms with E-state index >= 15 is 0 Å². The Morgan fingerprint density at radius 3 is 2.64 bits per heavy atom. The van der Waals surface area contributed by atoms with Crippen LogP contribution in [-0.4, -0.2) is 47.4 Å². The van der Waals surface area contributed by atoms with Gasteiger partial charge in [-0.3, -0.25) is 5.32 Å². The minimum absolute atomic E-state index is 0.175. The van der Waals surface area contributed by atoms with Gasteiger partial charge >= 0.3 is 12.3 Å². The van der Waals surface area contributed by atoms with Crippen LogP contribution in [0.15, 0.2) is 30.3 Å². The average molecular weight is 505 g/mol. The highest BCUT2D eigenvalue weighted by Crippen LogP contribution is 2.36. The van der Waals surface area contributed by atoms with Crippen molar-refractivity contribution in [3.8, 4) is 5.75 Å². The molecule has 9 nitrogen and oxygen atoms in total. The van der Waals surface area contributed by atoms with Gasteiger partial charge in [0.05, 0.1) is 29.9 Å². The maximum atomic E-state index is 13.5. The molecule has 0 spiro atoms. The molecule has 1 amide bonds. The largest absolute Gasteiger partial charge is 0.495 e. The SMILES string of the molecule is COc1cc2nc(C)nc(N[C@H](C)c3cc(NC(=O)O)cc(C(F)(F)F)c3)c2cc1N[C@H]1CCNC1. The predicted octanol–water partition coefficient (Wildman–Crippen LogP) is 5.00. The van der Waals surface area contributed by atoms with Crippen molar-refractivity contribution in [1.29, 1.82) is 0 Å². The molecule has 5 N–H and O–H groups in total. The Morgan fingerprint density at radius 1 is 1.22 bits per heavy atom. The molecule has 0 aliphatic carbocycles. The Labute approximate surface area is 205 Å². The molecule has 36 heavy (non-hydrogen) atoms. The lowest BCUT2D eigenvalue weighted by Crippen LogP contribution is -2.22. The summed E-state index contributed by atoms with van der Waals surface area (Å²) < 4.78 is 46.0. The Morgan fingerprint density at radius 2 is 2.00 bits per heavy atom. The molecular weight excluding hydrogens is 477 g/mol. The summed E-state index contributed by atoms with van der Waals surface area (Å²) in [6.45, 7) is 5.12. The number of nitrogens with zero attached hydrogens (tertiary/aromatic N) is 2. The van der Waals surface area contributed by atoms with E-state index < -0.39 is 23.9 Å². The molecule has 4 rings (SSSR count). The van der Waals surface area contributed by atoms with Crippen molar-refractivity contribution >= 4 is 34.2 Å². The molecule has 1 fully saturated rings. The summed E-state index contributed by atoms with van der Waals surface area (Å²) in [5, 5.41) is 21.6. The van der Waals surface area contributed by atoms with E-state index in [0.29, 0.717) is 28.3 Å². The van der Waals surface area contributed by atoms with Crippen molar-refractivity contribution in [3.05, 3.63) is 47.3 Å². The van der Waals surface area contributed by atoms with Gasteiger partial charge in [0.15, 0.2) is 0 Å². The van der Waals surface area contributed by atoms with Crippen LogP contribution >= 0.6 is 0 Å². The number of nitrogens with one attached hydrogen (secondary N) is 4. The van der Waals surface area contributed by atoms with Gasteiger partial charge in [-0.25, -0.2) is 14.8 Å². The number of amides is 1. The molecule has 2 atom stereocenters. The van der Waals surface area contributed by atoms with Crippen LogP contribution in [0.5, 0.6) is 5.75 Å². The first-order valence-corrected chi connectivity index (χ1v) is 11.4. The first-order chi connectivity index (χ1) is 17.0. The number of carboxylic acid groups (broad SMARTS) is 1. The molecule has 0 bridgehead atoms. The summed E-state index contributed by atoms with van der Waals surface area (Å²) in [4.78, 5) is 20.0. The molecule has 1 aromatic heterocycles. The van der Waals surface area contributed by atoms with Crippen molar-refractivity contribution in [2.45, 2.75) is 38.5 Å². The number of benzene rings is 2. The Hall–Kier alpha value is -3.80. The molecule has 0 unspecified atom stereocenters. The fourth-order valence-corrected chi connectivity index (χ4v) is 4.21. The third-order valence-electron chi connectivity index (χ3n) is 5.94. The monoisotopic (exact) mass is 504 g/mol. The van der Waals surface area contributed by atoms with Crippen LogP contribution < -0.4 is 26.0 Å². The number of anilines is 3. The molecule has 0 saturated carbocycles. The number of hydrogen-bond acceptors (Lipinski definition) is 7. The van der Waals surface area contributed by atoms with E-state index in [1.165, 1.54) is 6.07 Å². The molecule has 0 radical (unpaired) electrons. The lowest BCUT2D eigenvalue weighted by Gasteiger charge is -2.21. The first kappa shape index (κ1) is 25.3. The van der Waals surface area contributed by atoms with E-state index in [1.54, 1.807) is 27.0 Å². The second-order valence-corrected chi connectivity index (χ2v) is 8.66. The Balaban J connectivity index is 1.72. The number of rotatable bonds is 7. The van der Waals surface area contributed by atoms with Gasteiger partial charge in [0.25, 0.3) is 0 Å². The summed E-state index contributed by atoms with van der Waals surface area (Å²) in [5.41, 5.74) is 0.478. The number of fused-ring (bicyclic) bond motifs is 1. The van der Waals surface area contributed by atoms with Crippen molar-refractivity contribution in [2.24, 2.45) is 0 Å². The zero-order valence-electron chi connectivity index (χ0n) is 20.0. The van der Waals surface area contributed by atoms with Crippen LogP contribution in [0.1, 0.15) is 36.3 Å². The van der Waals surface area contributed by atoms with Gasteiger partial charge in [-0.05, 0) is 56.6 Å². The second-order valence-electron chi connectivity index (χ2n) is 8.66. The average Bonchev–Trinajstić information content (AvgIpc) is 3.30. The van der Waals surface area contributed by atoms with Gasteiger partial charge in [0, 0.05) is 29.7 Å². The number of methoxy groups -OCH3 is 1. The quantitative estimate of drug-likeness (QED) is 0.305. The van der Waals surface area contributed by atoms with Gasteiger partial charge in [-0.15, -0.1) is 0 Å². The van der Waals surface area contributed by atoms with E-state index in [-0.39, 0.29) is 17.3 Å². The number of hydrogen-bond donors (Lipinski definition) is 5. The molecule has 192 valence electrons.